The SMILES string of the molecule is O=C(O)c1cc(NNc2ccc(Cl)c(C(=O)O)c2)ccc1Cl. The van der Waals surface area contributed by atoms with Gasteiger partial charge in [-0.25, -0.2) is 9.59 Å². The Morgan fingerprint density at radius 2 is 1.14 bits per heavy atom. The summed E-state index contributed by atoms with van der Waals surface area (Å²) in [5.41, 5.74) is 6.34. The van der Waals surface area contributed by atoms with Gasteiger partial charge >= 0.3 is 11.9 Å². The molecule has 6 nitrogen and oxygen atoms in total. The molecule has 0 aliphatic rings. The number of carboxylic acid groups (broad SMARTS) is 2. The van der Waals surface area contributed by atoms with Crippen LogP contribution in [0.3, 0.4) is 0 Å². The van der Waals surface area contributed by atoms with E-state index < -0.39 is 11.9 Å². The highest BCUT2D eigenvalue weighted by Crippen LogP contribution is 2.23. The number of nitrogens with one attached hydrogen (secondary N) is 2. The summed E-state index contributed by atoms with van der Waals surface area (Å²) in [4.78, 5) is 22.0. The maximum absolute atomic E-state index is 11.0. The molecule has 0 atom stereocenters. The molecule has 0 aromatic heterocycles. The van der Waals surface area contributed by atoms with Crippen LogP contribution in [0.25, 0.3) is 0 Å². The van der Waals surface area contributed by atoms with Crippen molar-refractivity contribution in [1.82, 2.24) is 0 Å². The molecule has 8 heteroatoms. The second kappa shape index (κ2) is 6.55. The first-order chi connectivity index (χ1) is 10.4. The molecule has 0 fully saturated rings. The molecule has 0 unspecified atom stereocenters. The fraction of sp³-hybridized carbons (Fsp3) is 0. The van der Waals surface area contributed by atoms with Gasteiger partial charge in [-0.1, -0.05) is 23.2 Å². The standard InChI is InChI=1S/C14H10Cl2N2O4/c15-11-3-1-7(5-9(11)13(19)20)17-18-8-2-4-12(16)10(6-8)14(21)22/h1-6,17-18H,(H,19,20)(H,21,22). The molecule has 2 aromatic rings. The summed E-state index contributed by atoms with van der Waals surface area (Å²) in [7, 11) is 0. The van der Waals surface area contributed by atoms with Gasteiger partial charge in [0.2, 0.25) is 0 Å². The van der Waals surface area contributed by atoms with Crippen molar-refractivity contribution in [2.75, 3.05) is 10.9 Å². The number of hydrazine groups is 1. The molecule has 4 N–H and O–H groups in total. The summed E-state index contributed by atoms with van der Waals surface area (Å²) in [6, 6.07) is 8.75. The van der Waals surface area contributed by atoms with Crippen LogP contribution in [0.2, 0.25) is 10.0 Å². The lowest BCUT2D eigenvalue weighted by molar-refractivity contribution is 0.0686. The topological polar surface area (TPSA) is 98.7 Å². The van der Waals surface area contributed by atoms with Crippen molar-refractivity contribution in [2.24, 2.45) is 0 Å². The van der Waals surface area contributed by atoms with Crippen molar-refractivity contribution in [3.8, 4) is 0 Å². The van der Waals surface area contributed by atoms with Gasteiger partial charge < -0.3 is 21.1 Å². The fourth-order valence-corrected chi connectivity index (χ4v) is 2.07. The first-order valence-corrected chi connectivity index (χ1v) is 6.72. The zero-order valence-electron chi connectivity index (χ0n) is 10.9. The highest BCUT2D eigenvalue weighted by molar-refractivity contribution is 6.34. The first-order valence-electron chi connectivity index (χ1n) is 5.96. The fourth-order valence-electron chi connectivity index (χ4n) is 1.68. The summed E-state index contributed by atoms with van der Waals surface area (Å²) in [5.74, 6) is -2.29. The van der Waals surface area contributed by atoms with Gasteiger partial charge in [-0.15, -0.1) is 0 Å². The number of halogens is 2. The zero-order valence-corrected chi connectivity index (χ0v) is 12.4. The Morgan fingerprint density at radius 1 is 0.773 bits per heavy atom. The monoisotopic (exact) mass is 340 g/mol. The Balaban J connectivity index is 2.17. The normalized spacial score (nSPS) is 10.1. The average Bonchev–Trinajstić information content (AvgIpc) is 2.47. The van der Waals surface area contributed by atoms with Crippen LogP contribution >= 0.6 is 23.2 Å². The van der Waals surface area contributed by atoms with Crippen molar-refractivity contribution in [2.45, 2.75) is 0 Å². The number of carboxylic acids is 2. The molecule has 0 radical (unpaired) electrons. The molecule has 0 amide bonds. The molecule has 2 aromatic carbocycles. The number of benzene rings is 2. The van der Waals surface area contributed by atoms with Gasteiger partial charge in [-0.05, 0) is 36.4 Å². The molecular formula is C14H10Cl2N2O4. The van der Waals surface area contributed by atoms with Crippen LogP contribution in [-0.2, 0) is 0 Å². The number of hydrogen-bond donors (Lipinski definition) is 4. The van der Waals surface area contributed by atoms with E-state index in [1.807, 2.05) is 0 Å². The zero-order chi connectivity index (χ0) is 16.3. The molecule has 22 heavy (non-hydrogen) atoms. The third-order valence-corrected chi connectivity index (χ3v) is 3.40. The highest BCUT2D eigenvalue weighted by atomic mass is 35.5. The van der Waals surface area contributed by atoms with Gasteiger partial charge in [0.15, 0.2) is 0 Å². The molecule has 0 heterocycles. The van der Waals surface area contributed by atoms with Gasteiger partial charge in [-0.3, -0.25) is 0 Å². The smallest absolute Gasteiger partial charge is 0.337 e. The van der Waals surface area contributed by atoms with E-state index in [2.05, 4.69) is 10.9 Å². The Hall–Kier alpha value is -2.44. The van der Waals surface area contributed by atoms with Crippen LogP contribution in [0, 0.1) is 0 Å². The summed E-state index contributed by atoms with van der Waals surface area (Å²) < 4.78 is 0. The van der Waals surface area contributed by atoms with Gasteiger partial charge in [0.1, 0.15) is 0 Å². The quantitative estimate of drug-likeness (QED) is 0.617. The molecule has 0 aliphatic carbocycles. The summed E-state index contributed by atoms with van der Waals surface area (Å²) in [5, 5.41) is 18.2. The predicted octanol–water partition coefficient (Wildman–Crippen LogP) is 3.83. The third-order valence-electron chi connectivity index (χ3n) is 2.74. The molecule has 2 rings (SSSR count). The number of rotatable bonds is 5. The van der Waals surface area contributed by atoms with Crippen molar-refractivity contribution in [3.63, 3.8) is 0 Å². The lowest BCUT2D eigenvalue weighted by Crippen LogP contribution is -2.10. The summed E-state index contributed by atoms with van der Waals surface area (Å²) >= 11 is 11.5. The molecule has 0 bridgehead atoms. The van der Waals surface area contributed by atoms with Crippen molar-refractivity contribution < 1.29 is 19.8 Å². The number of hydrogen-bond acceptors (Lipinski definition) is 4. The Labute approximate surface area is 135 Å². The largest absolute Gasteiger partial charge is 0.478 e. The molecule has 0 saturated carbocycles. The van der Waals surface area contributed by atoms with E-state index in [4.69, 9.17) is 33.4 Å². The minimum absolute atomic E-state index is 0.0456. The van der Waals surface area contributed by atoms with E-state index in [1.165, 1.54) is 24.3 Å². The number of anilines is 2. The van der Waals surface area contributed by atoms with E-state index >= 15 is 0 Å². The van der Waals surface area contributed by atoms with Gasteiger partial charge in [0.25, 0.3) is 0 Å². The summed E-state index contributed by atoms with van der Waals surface area (Å²) in [6.07, 6.45) is 0. The molecule has 114 valence electrons. The van der Waals surface area contributed by atoms with Crippen LogP contribution < -0.4 is 10.9 Å². The Kier molecular flexibility index (Phi) is 4.75. The van der Waals surface area contributed by atoms with Crippen LogP contribution in [0.1, 0.15) is 20.7 Å². The maximum Gasteiger partial charge on any atom is 0.337 e. The minimum Gasteiger partial charge on any atom is -0.478 e. The predicted molar refractivity (Wildman–Crippen MR) is 84.1 cm³/mol. The van der Waals surface area contributed by atoms with E-state index in [0.29, 0.717) is 11.4 Å². The summed E-state index contributed by atoms with van der Waals surface area (Å²) in [6.45, 7) is 0. The molecule has 0 saturated heterocycles. The second-order valence-electron chi connectivity index (χ2n) is 4.25. The molecule has 0 spiro atoms. The van der Waals surface area contributed by atoms with E-state index in [1.54, 1.807) is 12.1 Å². The lowest BCUT2D eigenvalue weighted by atomic mass is 10.2. The van der Waals surface area contributed by atoms with Crippen molar-refractivity contribution in [3.05, 3.63) is 57.6 Å². The van der Waals surface area contributed by atoms with Gasteiger partial charge in [0, 0.05) is 0 Å². The second-order valence-corrected chi connectivity index (χ2v) is 5.06. The van der Waals surface area contributed by atoms with Crippen LogP contribution in [0.4, 0.5) is 11.4 Å². The van der Waals surface area contributed by atoms with Gasteiger partial charge in [0.05, 0.1) is 32.5 Å². The molecular weight excluding hydrogens is 331 g/mol. The lowest BCUT2D eigenvalue weighted by Gasteiger charge is -2.12. The minimum atomic E-state index is -1.15. The average molecular weight is 341 g/mol. The van der Waals surface area contributed by atoms with Crippen molar-refractivity contribution in [1.29, 1.82) is 0 Å². The van der Waals surface area contributed by atoms with E-state index in [9.17, 15) is 9.59 Å². The van der Waals surface area contributed by atoms with Crippen LogP contribution in [-0.4, -0.2) is 22.2 Å². The molecule has 0 aliphatic heterocycles. The highest BCUT2D eigenvalue weighted by Gasteiger charge is 2.11. The Bertz CT molecular complexity index is 686. The third kappa shape index (κ3) is 3.60. The van der Waals surface area contributed by atoms with E-state index in [-0.39, 0.29) is 21.2 Å². The van der Waals surface area contributed by atoms with E-state index in [0.717, 1.165) is 0 Å². The maximum atomic E-state index is 11.0. The van der Waals surface area contributed by atoms with Gasteiger partial charge in [-0.2, -0.15) is 0 Å². The Morgan fingerprint density at radius 3 is 1.45 bits per heavy atom. The van der Waals surface area contributed by atoms with Crippen LogP contribution in [0.5, 0.6) is 0 Å². The van der Waals surface area contributed by atoms with Crippen molar-refractivity contribution >= 4 is 46.5 Å². The van der Waals surface area contributed by atoms with Crippen LogP contribution in [0.15, 0.2) is 36.4 Å². The number of carbonyl (C=O) groups is 2. The first kappa shape index (κ1) is 15.9. The number of aromatic carboxylic acids is 2.